The molecule has 0 unspecified atom stereocenters. The zero-order valence-electron chi connectivity index (χ0n) is 11.5. The Morgan fingerprint density at radius 1 is 1.06 bits per heavy atom. The summed E-state index contributed by atoms with van der Waals surface area (Å²) in [6.45, 7) is 8.08. The summed E-state index contributed by atoms with van der Waals surface area (Å²) in [5.41, 5.74) is 0.142. The third-order valence-electron chi connectivity index (χ3n) is 3.67. The number of thioether (sulfide) groups is 1. The maximum absolute atomic E-state index is 9.72. The molecule has 0 aromatic heterocycles. The van der Waals surface area contributed by atoms with E-state index < -0.39 is 7.12 Å². The van der Waals surface area contributed by atoms with Crippen LogP contribution in [0.15, 0.2) is 23.1 Å². The van der Waals surface area contributed by atoms with Crippen LogP contribution in [-0.4, -0.2) is 29.7 Å². The molecule has 0 amide bonds. The number of hydrogen-bond donors (Lipinski definition) is 1. The van der Waals surface area contributed by atoms with Crippen molar-refractivity contribution < 1.29 is 14.4 Å². The lowest BCUT2D eigenvalue weighted by Crippen LogP contribution is -2.41. The van der Waals surface area contributed by atoms with Crippen molar-refractivity contribution in [1.29, 1.82) is 0 Å². The Labute approximate surface area is 113 Å². The van der Waals surface area contributed by atoms with Crippen LogP contribution < -0.4 is 5.46 Å². The van der Waals surface area contributed by atoms with Gasteiger partial charge in [0.05, 0.1) is 11.2 Å². The van der Waals surface area contributed by atoms with Crippen molar-refractivity contribution in [3.05, 3.63) is 18.2 Å². The van der Waals surface area contributed by atoms with Crippen molar-refractivity contribution in [2.24, 2.45) is 0 Å². The molecule has 0 bridgehead atoms. The summed E-state index contributed by atoms with van der Waals surface area (Å²) in [6.07, 6.45) is 1.97. The van der Waals surface area contributed by atoms with Gasteiger partial charge in [-0.05, 0) is 57.6 Å². The van der Waals surface area contributed by atoms with Crippen LogP contribution in [0, 0.1) is 0 Å². The van der Waals surface area contributed by atoms with Crippen LogP contribution in [0.3, 0.4) is 0 Å². The molecule has 1 fully saturated rings. The maximum Gasteiger partial charge on any atom is 0.495 e. The molecule has 1 N–H and O–H groups in total. The number of rotatable bonds is 2. The van der Waals surface area contributed by atoms with Crippen molar-refractivity contribution in [3.8, 4) is 5.75 Å². The highest BCUT2D eigenvalue weighted by Crippen LogP contribution is 2.36. The van der Waals surface area contributed by atoms with Gasteiger partial charge in [0.15, 0.2) is 0 Å². The Bertz CT molecular complexity index is 444. The van der Waals surface area contributed by atoms with Gasteiger partial charge in [-0.2, -0.15) is 0 Å². The van der Waals surface area contributed by atoms with Gasteiger partial charge in [0.25, 0.3) is 0 Å². The highest BCUT2D eigenvalue weighted by molar-refractivity contribution is 7.98. The van der Waals surface area contributed by atoms with Gasteiger partial charge in [-0.1, -0.05) is 0 Å². The Balaban J connectivity index is 2.32. The van der Waals surface area contributed by atoms with Gasteiger partial charge in [0, 0.05) is 4.90 Å². The first-order valence-corrected chi connectivity index (χ1v) is 7.21. The minimum absolute atomic E-state index is 0.242. The Morgan fingerprint density at radius 2 is 1.61 bits per heavy atom. The summed E-state index contributed by atoms with van der Waals surface area (Å²) >= 11 is 1.58. The lowest BCUT2D eigenvalue weighted by molar-refractivity contribution is 0.00578. The average molecular weight is 266 g/mol. The second-order valence-corrected chi connectivity index (χ2v) is 6.43. The molecule has 1 aromatic carbocycles. The second-order valence-electron chi connectivity index (χ2n) is 5.55. The number of phenols is 1. The molecule has 1 aliphatic heterocycles. The standard InChI is InChI=1S/C13H19BO3S/c1-12(2)13(3,4)17-14(16-12)9-6-10(15)8-11(7-9)18-5/h6-8,15H,1-5H3. The summed E-state index contributed by atoms with van der Waals surface area (Å²) in [4.78, 5) is 1.000. The van der Waals surface area contributed by atoms with Crippen LogP contribution in [0.2, 0.25) is 0 Å². The predicted octanol–water partition coefficient (Wildman–Crippen LogP) is 2.41. The number of benzene rings is 1. The summed E-state index contributed by atoms with van der Waals surface area (Å²) in [7, 11) is -0.423. The van der Waals surface area contributed by atoms with E-state index in [1.54, 1.807) is 23.9 Å². The Hall–Kier alpha value is -0.645. The molecule has 0 atom stereocenters. The SMILES string of the molecule is CSc1cc(O)cc(B2OC(C)(C)C(C)(C)O2)c1. The first-order valence-electron chi connectivity index (χ1n) is 5.99. The van der Waals surface area contributed by atoms with Crippen LogP contribution in [-0.2, 0) is 9.31 Å². The second kappa shape index (κ2) is 4.47. The minimum atomic E-state index is -0.423. The Morgan fingerprint density at radius 3 is 2.11 bits per heavy atom. The molecule has 1 saturated heterocycles. The fourth-order valence-electron chi connectivity index (χ4n) is 1.84. The van der Waals surface area contributed by atoms with Gasteiger partial charge in [-0.15, -0.1) is 11.8 Å². The van der Waals surface area contributed by atoms with Crippen LogP contribution in [0.1, 0.15) is 27.7 Å². The van der Waals surface area contributed by atoms with Gasteiger partial charge < -0.3 is 14.4 Å². The number of aromatic hydroxyl groups is 1. The average Bonchev–Trinajstić information content (AvgIpc) is 2.47. The van der Waals surface area contributed by atoms with E-state index in [0.29, 0.717) is 0 Å². The number of phenolic OH excluding ortho intramolecular Hbond substituents is 1. The van der Waals surface area contributed by atoms with Crippen LogP contribution in [0.4, 0.5) is 0 Å². The third-order valence-corrected chi connectivity index (χ3v) is 4.38. The van der Waals surface area contributed by atoms with Crippen molar-refractivity contribution in [1.82, 2.24) is 0 Å². The fourth-order valence-corrected chi connectivity index (χ4v) is 2.33. The molecule has 5 heteroatoms. The zero-order valence-corrected chi connectivity index (χ0v) is 12.3. The van der Waals surface area contributed by atoms with E-state index in [0.717, 1.165) is 10.4 Å². The quantitative estimate of drug-likeness (QED) is 0.659. The normalized spacial score (nSPS) is 21.3. The monoisotopic (exact) mass is 266 g/mol. The molecule has 0 aliphatic carbocycles. The molecule has 0 spiro atoms. The molecular weight excluding hydrogens is 247 g/mol. The van der Waals surface area contributed by atoms with E-state index in [1.165, 1.54) is 0 Å². The van der Waals surface area contributed by atoms with Crippen molar-refractivity contribution >= 4 is 24.3 Å². The summed E-state index contributed by atoms with van der Waals surface area (Å²) in [6, 6.07) is 5.42. The van der Waals surface area contributed by atoms with Crippen molar-refractivity contribution in [2.45, 2.75) is 43.8 Å². The summed E-state index contributed by atoms with van der Waals surface area (Å²) in [5.74, 6) is 0.242. The lowest BCUT2D eigenvalue weighted by Gasteiger charge is -2.32. The van der Waals surface area contributed by atoms with Gasteiger partial charge in [0.2, 0.25) is 0 Å². The molecule has 1 heterocycles. The van der Waals surface area contributed by atoms with Crippen LogP contribution in [0.5, 0.6) is 5.75 Å². The molecule has 98 valence electrons. The molecular formula is C13H19BO3S. The van der Waals surface area contributed by atoms with Gasteiger partial charge in [-0.25, -0.2) is 0 Å². The molecule has 0 radical (unpaired) electrons. The predicted molar refractivity (Wildman–Crippen MR) is 75.6 cm³/mol. The molecule has 1 aromatic rings. The van der Waals surface area contributed by atoms with E-state index >= 15 is 0 Å². The first kappa shape index (κ1) is 13.8. The van der Waals surface area contributed by atoms with Crippen LogP contribution in [0.25, 0.3) is 0 Å². The summed E-state index contributed by atoms with van der Waals surface area (Å²) in [5, 5.41) is 9.72. The highest BCUT2D eigenvalue weighted by Gasteiger charge is 2.51. The van der Waals surface area contributed by atoms with Gasteiger partial charge >= 0.3 is 7.12 Å². The minimum Gasteiger partial charge on any atom is -0.508 e. The lowest BCUT2D eigenvalue weighted by atomic mass is 9.79. The molecule has 18 heavy (non-hydrogen) atoms. The molecule has 3 nitrogen and oxygen atoms in total. The molecule has 1 aliphatic rings. The first-order chi connectivity index (χ1) is 8.25. The van der Waals surface area contributed by atoms with Gasteiger partial charge in [-0.3, -0.25) is 0 Å². The van der Waals surface area contributed by atoms with E-state index in [9.17, 15) is 5.11 Å². The van der Waals surface area contributed by atoms with Crippen molar-refractivity contribution in [3.63, 3.8) is 0 Å². The van der Waals surface area contributed by atoms with E-state index in [-0.39, 0.29) is 17.0 Å². The van der Waals surface area contributed by atoms with E-state index in [2.05, 4.69) is 0 Å². The number of hydrogen-bond acceptors (Lipinski definition) is 4. The van der Waals surface area contributed by atoms with Gasteiger partial charge in [0.1, 0.15) is 5.75 Å². The largest absolute Gasteiger partial charge is 0.508 e. The highest BCUT2D eigenvalue weighted by atomic mass is 32.2. The third kappa shape index (κ3) is 2.39. The topological polar surface area (TPSA) is 38.7 Å². The maximum atomic E-state index is 9.72. The molecule has 0 saturated carbocycles. The van der Waals surface area contributed by atoms with Crippen LogP contribution >= 0.6 is 11.8 Å². The molecule has 2 rings (SSSR count). The smallest absolute Gasteiger partial charge is 0.495 e. The van der Waals surface area contributed by atoms with E-state index in [4.69, 9.17) is 9.31 Å². The fraction of sp³-hybridized carbons (Fsp3) is 0.538. The van der Waals surface area contributed by atoms with E-state index in [1.807, 2.05) is 40.0 Å². The van der Waals surface area contributed by atoms with Crippen molar-refractivity contribution in [2.75, 3.05) is 6.26 Å². The zero-order chi connectivity index (χ0) is 13.6. The Kier molecular flexibility index (Phi) is 3.43. The summed E-state index contributed by atoms with van der Waals surface area (Å²) < 4.78 is 11.9.